The van der Waals surface area contributed by atoms with Crippen molar-refractivity contribution in [3.8, 4) is 11.5 Å². The van der Waals surface area contributed by atoms with Gasteiger partial charge in [0.25, 0.3) is 0 Å². The van der Waals surface area contributed by atoms with Crippen LogP contribution in [-0.4, -0.2) is 39.3 Å². The van der Waals surface area contributed by atoms with Gasteiger partial charge in [0.1, 0.15) is 0 Å². The van der Waals surface area contributed by atoms with Gasteiger partial charge in [-0.05, 0) is 50.8 Å². The molecule has 0 atom stereocenters. The number of ether oxygens (including phenoxy) is 2. The van der Waals surface area contributed by atoms with E-state index in [9.17, 15) is 0 Å². The van der Waals surface area contributed by atoms with Crippen molar-refractivity contribution in [1.82, 2.24) is 10.6 Å². The number of aliphatic imine (C=N–C) groups is 1. The first-order chi connectivity index (χ1) is 11.2. The lowest BCUT2D eigenvalue weighted by molar-refractivity contribution is 0.310. The molecule has 0 radical (unpaired) electrons. The average molecular weight is 449 g/mol. The van der Waals surface area contributed by atoms with Gasteiger partial charge in [0.15, 0.2) is 17.5 Å². The van der Waals surface area contributed by atoms with Crippen LogP contribution in [0.2, 0.25) is 0 Å². The number of nitrogens with zero attached hydrogens (tertiary/aromatic N) is 1. The number of halogens is 1. The number of aryl methyl sites for hydroxylation is 1. The van der Waals surface area contributed by atoms with E-state index in [4.69, 9.17) is 9.47 Å². The van der Waals surface area contributed by atoms with Crippen LogP contribution in [-0.2, 0) is 6.42 Å². The first-order valence-corrected chi connectivity index (χ1v) is 8.57. The van der Waals surface area contributed by atoms with Gasteiger partial charge in [-0.25, -0.2) is 0 Å². The Morgan fingerprint density at radius 1 is 1.12 bits per heavy atom. The molecular weight excluding hydrogens is 417 g/mol. The predicted octanol–water partition coefficient (Wildman–Crippen LogP) is 3.61. The maximum Gasteiger partial charge on any atom is 0.191 e. The number of guanidine groups is 1. The molecule has 6 heteroatoms. The molecule has 0 saturated heterocycles. The fourth-order valence-electron chi connectivity index (χ4n) is 2.21. The number of nitrogens with one attached hydrogen (secondary N) is 2. The van der Waals surface area contributed by atoms with Crippen molar-refractivity contribution in [1.29, 1.82) is 0 Å². The van der Waals surface area contributed by atoms with Crippen LogP contribution in [0.4, 0.5) is 0 Å². The molecule has 0 heterocycles. The fourth-order valence-corrected chi connectivity index (χ4v) is 2.21. The van der Waals surface area contributed by atoms with Gasteiger partial charge < -0.3 is 20.1 Å². The minimum absolute atomic E-state index is 0. The molecule has 0 aliphatic rings. The van der Waals surface area contributed by atoms with Crippen molar-refractivity contribution in [2.45, 2.75) is 40.0 Å². The molecule has 0 unspecified atom stereocenters. The van der Waals surface area contributed by atoms with Crippen LogP contribution >= 0.6 is 24.0 Å². The second kappa shape index (κ2) is 14.2. The highest BCUT2D eigenvalue weighted by molar-refractivity contribution is 14.0. The molecule has 1 rings (SSSR count). The van der Waals surface area contributed by atoms with E-state index in [0.29, 0.717) is 6.61 Å². The van der Waals surface area contributed by atoms with Crippen molar-refractivity contribution in [2.24, 2.45) is 4.99 Å². The molecule has 2 N–H and O–H groups in total. The zero-order valence-corrected chi connectivity index (χ0v) is 17.7. The summed E-state index contributed by atoms with van der Waals surface area (Å²) in [6.07, 6.45) is 3.08. The molecule has 0 aliphatic heterocycles. The van der Waals surface area contributed by atoms with E-state index < -0.39 is 0 Å². The SMILES string of the molecule is CCCN=C(NCC)NCCCc1ccc(OC)c(OCC)c1.I. The largest absolute Gasteiger partial charge is 0.493 e. The summed E-state index contributed by atoms with van der Waals surface area (Å²) in [7, 11) is 1.67. The molecule has 0 spiro atoms. The van der Waals surface area contributed by atoms with E-state index in [2.05, 4.69) is 41.6 Å². The first-order valence-electron chi connectivity index (χ1n) is 8.57. The van der Waals surface area contributed by atoms with Gasteiger partial charge in [0, 0.05) is 19.6 Å². The molecule has 5 nitrogen and oxygen atoms in total. The summed E-state index contributed by atoms with van der Waals surface area (Å²) in [5, 5.41) is 6.63. The molecule has 24 heavy (non-hydrogen) atoms. The molecule has 1 aromatic carbocycles. The quantitative estimate of drug-likeness (QED) is 0.248. The molecule has 1 aromatic rings. The zero-order chi connectivity index (χ0) is 16.9. The Morgan fingerprint density at radius 2 is 1.92 bits per heavy atom. The lowest BCUT2D eigenvalue weighted by Crippen LogP contribution is -2.38. The van der Waals surface area contributed by atoms with Gasteiger partial charge in [0.2, 0.25) is 0 Å². The molecule has 0 fully saturated rings. The Kier molecular flexibility index (Phi) is 13.5. The van der Waals surface area contributed by atoms with E-state index in [1.807, 2.05) is 13.0 Å². The standard InChI is InChI=1S/C18H31N3O2.HI/c1-5-12-20-18(19-6-2)21-13-8-9-15-10-11-16(22-4)17(14-15)23-7-3;/h10-11,14H,5-9,12-13H2,1-4H3,(H2,19,20,21);1H. The van der Waals surface area contributed by atoms with Gasteiger partial charge in [-0.3, -0.25) is 4.99 Å². The number of methoxy groups -OCH3 is 1. The maximum absolute atomic E-state index is 5.62. The van der Waals surface area contributed by atoms with Gasteiger partial charge >= 0.3 is 0 Å². The lowest BCUT2D eigenvalue weighted by atomic mass is 10.1. The third-order valence-corrected chi connectivity index (χ3v) is 3.30. The summed E-state index contributed by atoms with van der Waals surface area (Å²) in [5.41, 5.74) is 1.26. The topological polar surface area (TPSA) is 54.9 Å². The smallest absolute Gasteiger partial charge is 0.191 e. The van der Waals surface area contributed by atoms with Crippen LogP contribution < -0.4 is 20.1 Å². The summed E-state index contributed by atoms with van der Waals surface area (Å²) in [4.78, 5) is 4.50. The molecule has 0 aromatic heterocycles. The number of benzene rings is 1. The van der Waals surface area contributed by atoms with Crippen molar-refractivity contribution >= 4 is 29.9 Å². The second-order valence-corrected chi connectivity index (χ2v) is 5.21. The Hall–Kier alpha value is -1.18. The summed E-state index contributed by atoms with van der Waals surface area (Å²) < 4.78 is 10.9. The normalized spacial score (nSPS) is 10.8. The lowest BCUT2D eigenvalue weighted by Gasteiger charge is -2.12. The van der Waals surface area contributed by atoms with Crippen molar-refractivity contribution in [3.05, 3.63) is 23.8 Å². The van der Waals surface area contributed by atoms with E-state index in [0.717, 1.165) is 56.4 Å². The average Bonchev–Trinajstić information content (AvgIpc) is 2.57. The van der Waals surface area contributed by atoms with Crippen LogP contribution in [0.5, 0.6) is 11.5 Å². The third-order valence-electron chi connectivity index (χ3n) is 3.30. The maximum atomic E-state index is 5.62. The van der Waals surface area contributed by atoms with Crippen molar-refractivity contribution < 1.29 is 9.47 Å². The van der Waals surface area contributed by atoms with E-state index >= 15 is 0 Å². The van der Waals surface area contributed by atoms with Crippen molar-refractivity contribution in [2.75, 3.05) is 33.4 Å². The van der Waals surface area contributed by atoms with Crippen LogP contribution in [0.3, 0.4) is 0 Å². The second-order valence-electron chi connectivity index (χ2n) is 5.21. The predicted molar refractivity (Wildman–Crippen MR) is 112 cm³/mol. The summed E-state index contributed by atoms with van der Waals surface area (Å²) in [6.45, 7) is 9.46. The molecule has 138 valence electrons. The fraction of sp³-hybridized carbons (Fsp3) is 0.611. The summed E-state index contributed by atoms with van der Waals surface area (Å²) in [5.74, 6) is 2.51. The molecule has 0 aliphatic carbocycles. The van der Waals surface area contributed by atoms with Crippen LogP contribution in [0.15, 0.2) is 23.2 Å². The molecule has 0 bridgehead atoms. The van der Waals surface area contributed by atoms with Crippen molar-refractivity contribution in [3.63, 3.8) is 0 Å². The van der Waals surface area contributed by atoms with Crippen LogP contribution in [0, 0.1) is 0 Å². The van der Waals surface area contributed by atoms with Crippen LogP contribution in [0.1, 0.15) is 39.2 Å². The number of hydrogen-bond acceptors (Lipinski definition) is 3. The Balaban J connectivity index is 0.00000529. The zero-order valence-electron chi connectivity index (χ0n) is 15.4. The highest BCUT2D eigenvalue weighted by Gasteiger charge is 2.05. The van der Waals surface area contributed by atoms with Gasteiger partial charge in [0.05, 0.1) is 13.7 Å². The summed E-state index contributed by atoms with van der Waals surface area (Å²) in [6, 6.07) is 6.14. The van der Waals surface area contributed by atoms with Gasteiger partial charge in [-0.1, -0.05) is 13.0 Å². The molecule has 0 saturated carbocycles. The minimum Gasteiger partial charge on any atom is -0.493 e. The molecular formula is C18H32IN3O2. The highest BCUT2D eigenvalue weighted by atomic mass is 127. The van der Waals surface area contributed by atoms with Crippen LogP contribution in [0.25, 0.3) is 0 Å². The Bertz CT molecular complexity index is 481. The van der Waals surface area contributed by atoms with Gasteiger partial charge in [-0.2, -0.15) is 0 Å². The van der Waals surface area contributed by atoms with E-state index in [-0.39, 0.29) is 24.0 Å². The third kappa shape index (κ3) is 8.61. The monoisotopic (exact) mass is 449 g/mol. The summed E-state index contributed by atoms with van der Waals surface area (Å²) >= 11 is 0. The number of hydrogen-bond donors (Lipinski definition) is 2. The van der Waals surface area contributed by atoms with E-state index in [1.54, 1.807) is 7.11 Å². The Labute approximate surface area is 163 Å². The highest BCUT2D eigenvalue weighted by Crippen LogP contribution is 2.28. The molecule has 0 amide bonds. The number of rotatable bonds is 10. The minimum atomic E-state index is 0. The van der Waals surface area contributed by atoms with Gasteiger partial charge in [-0.15, -0.1) is 24.0 Å². The Morgan fingerprint density at radius 3 is 2.54 bits per heavy atom. The van der Waals surface area contributed by atoms with E-state index in [1.165, 1.54) is 5.56 Å². The first kappa shape index (κ1) is 22.8.